The largest absolute Gasteiger partial charge is 0.453 e. The quantitative estimate of drug-likeness (QED) is 0.886. The summed E-state index contributed by atoms with van der Waals surface area (Å²) in [7, 11) is 1.22. The van der Waals surface area contributed by atoms with Crippen LogP contribution in [0, 0.1) is 6.92 Å². The minimum Gasteiger partial charge on any atom is -0.453 e. The lowest BCUT2D eigenvalue weighted by atomic mass is 9.97. The molecule has 0 heterocycles. The molecule has 0 radical (unpaired) electrons. The maximum absolute atomic E-state index is 12.1. The van der Waals surface area contributed by atoms with Gasteiger partial charge < -0.3 is 4.74 Å². The fraction of sp³-hybridized carbons (Fsp3) is 0.263. The van der Waals surface area contributed by atoms with Crippen LogP contribution in [-0.4, -0.2) is 25.2 Å². The van der Waals surface area contributed by atoms with Crippen molar-refractivity contribution in [3.05, 3.63) is 71.3 Å². The van der Waals surface area contributed by atoms with Gasteiger partial charge in [-0.05, 0) is 25.0 Å². The highest BCUT2D eigenvalue weighted by Crippen LogP contribution is 2.23. The van der Waals surface area contributed by atoms with Gasteiger partial charge in [-0.3, -0.25) is 15.4 Å². The van der Waals surface area contributed by atoms with Crippen LogP contribution in [0.3, 0.4) is 0 Å². The van der Waals surface area contributed by atoms with E-state index in [0.29, 0.717) is 0 Å². The number of rotatable bonds is 5. The lowest BCUT2D eigenvalue weighted by molar-refractivity contribution is -0.122. The van der Waals surface area contributed by atoms with E-state index in [2.05, 4.69) is 15.4 Å². The van der Waals surface area contributed by atoms with Gasteiger partial charge in [-0.1, -0.05) is 60.2 Å². The molecule has 24 heavy (non-hydrogen) atoms. The lowest BCUT2D eigenvalue weighted by Gasteiger charge is -2.23. The molecule has 0 aliphatic rings. The average molecular weight is 326 g/mol. The van der Waals surface area contributed by atoms with Crippen molar-refractivity contribution in [2.24, 2.45) is 0 Å². The third-order valence-electron chi connectivity index (χ3n) is 3.76. The van der Waals surface area contributed by atoms with E-state index in [1.165, 1.54) is 12.7 Å². The normalized spacial score (nSPS) is 13.0. The van der Waals surface area contributed by atoms with Gasteiger partial charge in [0.15, 0.2) is 0 Å². The molecular weight excluding hydrogens is 304 g/mol. The molecule has 0 bridgehead atoms. The van der Waals surface area contributed by atoms with Gasteiger partial charge in [-0.15, -0.1) is 0 Å². The number of ether oxygens (including phenoxy) is 1. The Kier molecular flexibility index (Phi) is 6.09. The zero-order valence-corrected chi connectivity index (χ0v) is 14.1. The molecule has 2 rings (SSSR count). The van der Waals surface area contributed by atoms with Crippen molar-refractivity contribution < 1.29 is 14.3 Å². The molecule has 126 valence electrons. The Labute approximate surface area is 142 Å². The van der Waals surface area contributed by atoms with Gasteiger partial charge in [0.1, 0.15) is 0 Å². The van der Waals surface area contributed by atoms with E-state index < -0.39 is 18.0 Å². The van der Waals surface area contributed by atoms with Crippen molar-refractivity contribution in [1.29, 1.82) is 0 Å². The Morgan fingerprint density at radius 3 is 2.12 bits per heavy atom. The number of aryl methyl sites for hydroxylation is 1. The van der Waals surface area contributed by atoms with E-state index in [-0.39, 0.29) is 6.04 Å². The van der Waals surface area contributed by atoms with Crippen molar-refractivity contribution in [2.45, 2.75) is 25.9 Å². The van der Waals surface area contributed by atoms with Crippen LogP contribution in [0.5, 0.6) is 0 Å². The van der Waals surface area contributed by atoms with E-state index in [9.17, 15) is 9.59 Å². The zero-order valence-electron chi connectivity index (χ0n) is 14.1. The molecule has 5 heteroatoms. The van der Waals surface area contributed by atoms with Crippen molar-refractivity contribution >= 4 is 12.0 Å². The summed E-state index contributed by atoms with van der Waals surface area (Å²) in [5.74, 6) is -0.435. The number of carbonyl (C=O) groups excluding carboxylic acids is 2. The summed E-state index contributed by atoms with van der Waals surface area (Å²) in [6, 6.07) is 17.3. The predicted molar refractivity (Wildman–Crippen MR) is 92.6 cm³/mol. The SMILES string of the molecule is COC(=O)NC(=O)[C@H](C)N[C@@H](c1ccccc1)c1ccc(C)cc1. The second-order valence-corrected chi connectivity index (χ2v) is 5.62. The first-order chi connectivity index (χ1) is 11.5. The standard InChI is InChI=1S/C19H22N2O3/c1-13-9-11-16(12-10-13)17(15-7-5-4-6-8-15)20-14(2)18(22)21-19(23)24-3/h4-12,14,17,20H,1-3H3,(H,21,22,23)/t14-,17-/m0/s1. The number of nitrogens with one attached hydrogen (secondary N) is 2. The van der Waals surface area contributed by atoms with E-state index in [1.54, 1.807) is 6.92 Å². The molecule has 2 atom stereocenters. The number of benzene rings is 2. The molecule has 2 aromatic rings. The molecule has 0 aromatic heterocycles. The molecule has 0 unspecified atom stereocenters. The first-order valence-electron chi connectivity index (χ1n) is 7.77. The average Bonchev–Trinajstić information content (AvgIpc) is 2.61. The number of imide groups is 1. The van der Waals surface area contributed by atoms with Crippen molar-refractivity contribution in [3.8, 4) is 0 Å². The molecule has 0 aliphatic heterocycles. The molecular formula is C19H22N2O3. The van der Waals surface area contributed by atoms with E-state index >= 15 is 0 Å². The summed E-state index contributed by atoms with van der Waals surface area (Å²) in [6.07, 6.45) is -0.764. The Morgan fingerprint density at radius 1 is 0.958 bits per heavy atom. The number of hydrogen-bond acceptors (Lipinski definition) is 4. The number of amides is 2. The topological polar surface area (TPSA) is 67.4 Å². The van der Waals surface area contributed by atoms with Crippen LogP contribution in [0.15, 0.2) is 54.6 Å². The van der Waals surface area contributed by atoms with Crippen LogP contribution in [0.4, 0.5) is 4.79 Å². The summed E-state index contributed by atoms with van der Waals surface area (Å²) >= 11 is 0. The molecule has 2 aromatic carbocycles. The smallest absolute Gasteiger partial charge is 0.413 e. The first-order valence-corrected chi connectivity index (χ1v) is 7.77. The molecule has 0 spiro atoms. The summed E-state index contributed by atoms with van der Waals surface area (Å²) in [6.45, 7) is 3.74. The Hall–Kier alpha value is -2.66. The molecule has 0 saturated carbocycles. The third kappa shape index (κ3) is 4.67. The number of hydrogen-bond donors (Lipinski definition) is 2. The molecule has 0 saturated heterocycles. The highest BCUT2D eigenvalue weighted by molar-refractivity contribution is 5.94. The fourth-order valence-electron chi connectivity index (χ4n) is 2.37. The molecule has 0 aliphatic carbocycles. The number of carbonyl (C=O) groups is 2. The second kappa shape index (κ2) is 8.26. The number of alkyl carbamates (subject to hydrolysis) is 1. The maximum Gasteiger partial charge on any atom is 0.413 e. The van der Waals surface area contributed by atoms with Crippen LogP contribution in [0.1, 0.15) is 29.7 Å². The van der Waals surface area contributed by atoms with Crippen LogP contribution in [0.2, 0.25) is 0 Å². The summed E-state index contributed by atoms with van der Waals surface area (Å²) in [4.78, 5) is 23.3. The van der Waals surface area contributed by atoms with Crippen LogP contribution in [-0.2, 0) is 9.53 Å². The highest BCUT2D eigenvalue weighted by Gasteiger charge is 2.22. The highest BCUT2D eigenvalue weighted by atomic mass is 16.5. The van der Waals surface area contributed by atoms with Gasteiger partial charge in [0.2, 0.25) is 5.91 Å². The number of methoxy groups -OCH3 is 1. The van der Waals surface area contributed by atoms with Gasteiger partial charge in [0.05, 0.1) is 19.2 Å². The molecule has 0 fully saturated rings. The van der Waals surface area contributed by atoms with E-state index in [1.807, 2.05) is 61.5 Å². The van der Waals surface area contributed by atoms with Crippen molar-refractivity contribution in [1.82, 2.24) is 10.6 Å². The zero-order chi connectivity index (χ0) is 17.5. The van der Waals surface area contributed by atoms with Crippen LogP contribution in [0.25, 0.3) is 0 Å². The van der Waals surface area contributed by atoms with E-state index in [4.69, 9.17) is 0 Å². The predicted octanol–water partition coefficient (Wildman–Crippen LogP) is 2.95. The lowest BCUT2D eigenvalue weighted by Crippen LogP contribution is -2.46. The van der Waals surface area contributed by atoms with Gasteiger partial charge in [-0.2, -0.15) is 0 Å². The Morgan fingerprint density at radius 2 is 1.54 bits per heavy atom. The van der Waals surface area contributed by atoms with Gasteiger partial charge in [0.25, 0.3) is 0 Å². The molecule has 2 amide bonds. The summed E-state index contributed by atoms with van der Waals surface area (Å²) < 4.78 is 4.46. The molecule has 5 nitrogen and oxygen atoms in total. The van der Waals surface area contributed by atoms with Crippen molar-refractivity contribution in [3.63, 3.8) is 0 Å². The van der Waals surface area contributed by atoms with Crippen LogP contribution < -0.4 is 10.6 Å². The Balaban J connectivity index is 2.22. The minimum absolute atomic E-state index is 0.162. The summed E-state index contributed by atoms with van der Waals surface area (Å²) in [5.41, 5.74) is 3.26. The third-order valence-corrected chi connectivity index (χ3v) is 3.76. The fourth-order valence-corrected chi connectivity index (χ4v) is 2.37. The van der Waals surface area contributed by atoms with Gasteiger partial charge >= 0.3 is 6.09 Å². The monoisotopic (exact) mass is 326 g/mol. The van der Waals surface area contributed by atoms with Crippen LogP contribution >= 0.6 is 0 Å². The van der Waals surface area contributed by atoms with E-state index in [0.717, 1.165) is 11.1 Å². The Bertz CT molecular complexity index is 684. The minimum atomic E-state index is -0.764. The van der Waals surface area contributed by atoms with Gasteiger partial charge in [-0.25, -0.2) is 4.79 Å². The first kappa shape index (κ1) is 17.7. The van der Waals surface area contributed by atoms with Gasteiger partial charge in [0, 0.05) is 0 Å². The maximum atomic E-state index is 12.1. The van der Waals surface area contributed by atoms with Crippen molar-refractivity contribution in [2.75, 3.05) is 7.11 Å². The second-order valence-electron chi connectivity index (χ2n) is 5.62. The molecule has 2 N–H and O–H groups in total. The summed E-state index contributed by atoms with van der Waals surface area (Å²) in [5, 5.41) is 5.46.